The lowest BCUT2D eigenvalue weighted by Gasteiger charge is -2.02. The number of carboxylic acids is 1. The molecule has 0 aliphatic rings. The first-order valence-corrected chi connectivity index (χ1v) is 6.13. The molecule has 2 heterocycles. The first-order chi connectivity index (χ1) is 9.65. The van der Waals surface area contributed by atoms with Gasteiger partial charge in [0.2, 0.25) is 0 Å². The van der Waals surface area contributed by atoms with Crippen LogP contribution < -0.4 is 5.69 Å². The molecule has 0 fully saturated rings. The van der Waals surface area contributed by atoms with E-state index in [1.165, 1.54) is 16.7 Å². The fourth-order valence-electron chi connectivity index (χ4n) is 2.18. The molecular formula is C14H12N2O4. The van der Waals surface area contributed by atoms with Crippen LogP contribution in [0.25, 0.3) is 11.0 Å². The van der Waals surface area contributed by atoms with E-state index in [2.05, 4.69) is 4.98 Å². The topological polar surface area (TPSA) is 88.2 Å². The zero-order valence-corrected chi connectivity index (χ0v) is 10.5. The Morgan fingerprint density at radius 2 is 2.20 bits per heavy atom. The second kappa shape index (κ2) is 4.73. The molecule has 0 spiro atoms. The molecule has 6 heteroatoms. The zero-order valence-electron chi connectivity index (χ0n) is 10.5. The van der Waals surface area contributed by atoms with Crippen molar-refractivity contribution in [3.05, 3.63) is 58.4 Å². The molecule has 0 bridgehead atoms. The fourth-order valence-corrected chi connectivity index (χ4v) is 2.18. The molecule has 0 atom stereocenters. The number of rotatable bonds is 4. The molecular weight excluding hydrogens is 260 g/mol. The Hall–Kier alpha value is -2.76. The standard InChI is InChI=1S/C14H12N2O4/c17-13(18)9-3-4-11-12(8-9)16(14(19)15-11)6-5-10-2-1-7-20-10/h1-4,7-8H,5-6H2,(H,15,19)(H,17,18). The van der Waals surface area contributed by atoms with Gasteiger partial charge in [0.15, 0.2) is 0 Å². The highest BCUT2D eigenvalue weighted by atomic mass is 16.4. The average molecular weight is 272 g/mol. The molecule has 0 aliphatic carbocycles. The van der Waals surface area contributed by atoms with Crippen molar-refractivity contribution in [1.29, 1.82) is 0 Å². The number of aryl methyl sites for hydroxylation is 2. The van der Waals surface area contributed by atoms with E-state index in [1.807, 2.05) is 6.07 Å². The third kappa shape index (κ3) is 2.11. The number of fused-ring (bicyclic) bond motifs is 1. The van der Waals surface area contributed by atoms with Gasteiger partial charge in [0, 0.05) is 13.0 Å². The van der Waals surface area contributed by atoms with Crippen LogP contribution in [0.15, 0.2) is 45.8 Å². The Kier molecular flexibility index (Phi) is 2.90. The van der Waals surface area contributed by atoms with Crippen LogP contribution >= 0.6 is 0 Å². The minimum absolute atomic E-state index is 0.156. The normalized spacial score (nSPS) is 11.0. The summed E-state index contributed by atoms with van der Waals surface area (Å²) in [5, 5.41) is 9.01. The summed E-state index contributed by atoms with van der Waals surface area (Å²) in [6.07, 6.45) is 2.15. The number of hydrogen-bond acceptors (Lipinski definition) is 3. The van der Waals surface area contributed by atoms with Gasteiger partial charge in [-0.3, -0.25) is 4.57 Å². The molecule has 2 N–H and O–H groups in total. The van der Waals surface area contributed by atoms with E-state index >= 15 is 0 Å². The number of nitrogens with zero attached hydrogens (tertiary/aromatic N) is 1. The van der Waals surface area contributed by atoms with Crippen LogP contribution in [0.2, 0.25) is 0 Å². The lowest BCUT2D eigenvalue weighted by atomic mass is 10.2. The molecule has 0 unspecified atom stereocenters. The number of aromatic carboxylic acids is 1. The van der Waals surface area contributed by atoms with E-state index in [1.54, 1.807) is 18.4 Å². The van der Waals surface area contributed by atoms with Gasteiger partial charge in [0.25, 0.3) is 0 Å². The Bertz CT molecular complexity index is 811. The fraction of sp³-hybridized carbons (Fsp3) is 0.143. The predicted molar refractivity (Wildman–Crippen MR) is 71.9 cm³/mol. The third-order valence-corrected chi connectivity index (χ3v) is 3.18. The van der Waals surface area contributed by atoms with Gasteiger partial charge in [-0.05, 0) is 30.3 Å². The molecule has 0 amide bonds. The number of aromatic nitrogens is 2. The molecule has 2 aromatic heterocycles. The number of nitrogens with one attached hydrogen (secondary N) is 1. The average Bonchev–Trinajstić information content (AvgIpc) is 3.02. The summed E-state index contributed by atoms with van der Waals surface area (Å²) in [4.78, 5) is 25.6. The molecule has 3 rings (SSSR count). The highest BCUT2D eigenvalue weighted by Crippen LogP contribution is 2.14. The van der Waals surface area contributed by atoms with Gasteiger partial charge in [0.1, 0.15) is 5.76 Å². The molecule has 20 heavy (non-hydrogen) atoms. The minimum Gasteiger partial charge on any atom is -0.478 e. The number of imidazole rings is 1. The van der Waals surface area contributed by atoms with Crippen LogP contribution in [-0.4, -0.2) is 20.6 Å². The number of aromatic amines is 1. The Labute approximate surface area is 113 Å². The maximum absolute atomic E-state index is 11.9. The van der Waals surface area contributed by atoms with Crippen molar-refractivity contribution < 1.29 is 14.3 Å². The van der Waals surface area contributed by atoms with E-state index in [0.717, 1.165) is 5.76 Å². The van der Waals surface area contributed by atoms with Gasteiger partial charge >= 0.3 is 11.7 Å². The van der Waals surface area contributed by atoms with Crippen molar-refractivity contribution in [2.24, 2.45) is 0 Å². The van der Waals surface area contributed by atoms with Gasteiger partial charge in [-0.1, -0.05) is 0 Å². The third-order valence-electron chi connectivity index (χ3n) is 3.18. The highest BCUT2D eigenvalue weighted by Gasteiger charge is 2.10. The highest BCUT2D eigenvalue weighted by molar-refractivity contribution is 5.92. The van der Waals surface area contributed by atoms with Gasteiger partial charge in [0.05, 0.1) is 22.9 Å². The Morgan fingerprint density at radius 1 is 1.35 bits per heavy atom. The first kappa shape index (κ1) is 12.3. The lowest BCUT2D eigenvalue weighted by molar-refractivity contribution is 0.0697. The van der Waals surface area contributed by atoms with Crippen molar-refractivity contribution in [3.8, 4) is 0 Å². The maximum Gasteiger partial charge on any atom is 0.335 e. The van der Waals surface area contributed by atoms with Gasteiger partial charge in [-0.25, -0.2) is 9.59 Å². The van der Waals surface area contributed by atoms with Crippen LogP contribution in [0.5, 0.6) is 0 Å². The van der Waals surface area contributed by atoms with E-state index < -0.39 is 5.97 Å². The number of furan rings is 1. The summed E-state index contributed by atoms with van der Waals surface area (Å²) >= 11 is 0. The summed E-state index contributed by atoms with van der Waals surface area (Å²) in [6.45, 7) is 0.426. The monoisotopic (exact) mass is 272 g/mol. The SMILES string of the molecule is O=C(O)c1ccc2[nH]c(=O)n(CCc3ccco3)c2c1. The number of benzene rings is 1. The quantitative estimate of drug-likeness (QED) is 0.758. The van der Waals surface area contributed by atoms with E-state index in [-0.39, 0.29) is 11.3 Å². The predicted octanol–water partition coefficient (Wildman–Crippen LogP) is 1.86. The molecule has 0 saturated heterocycles. The molecule has 0 saturated carbocycles. The Balaban J connectivity index is 2.00. The smallest absolute Gasteiger partial charge is 0.335 e. The molecule has 3 aromatic rings. The first-order valence-electron chi connectivity index (χ1n) is 6.13. The van der Waals surface area contributed by atoms with Crippen molar-refractivity contribution in [1.82, 2.24) is 9.55 Å². The van der Waals surface area contributed by atoms with Crippen LogP contribution in [0.3, 0.4) is 0 Å². The summed E-state index contributed by atoms with van der Waals surface area (Å²) in [5.41, 5.74) is 1.11. The van der Waals surface area contributed by atoms with Crippen LogP contribution in [0.4, 0.5) is 0 Å². The summed E-state index contributed by atoms with van der Waals surface area (Å²) < 4.78 is 6.74. The van der Waals surface area contributed by atoms with Crippen LogP contribution in [-0.2, 0) is 13.0 Å². The van der Waals surface area contributed by atoms with Crippen LogP contribution in [0.1, 0.15) is 16.1 Å². The van der Waals surface area contributed by atoms with E-state index in [0.29, 0.717) is 24.0 Å². The van der Waals surface area contributed by atoms with Crippen molar-refractivity contribution >= 4 is 17.0 Å². The molecule has 102 valence electrons. The van der Waals surface area contributed by atoms with Crippen molar-refractivity contribution in [2.75, 3.05) is 0 Å². The van der Waals surface area contributed by atoms with Crippen molar-refractivity contribution in [2.45, 2.75) is 13.0 Å². The lowest BCUT2D eigenvalue weighted by Crippen LogP contribution is -2.17. The number of hydrogen-bond donors (Lipinski definition) is 2. The Morgan fingerprint density at radius 3 is 2.90 bits per heavy atom. The van der Waals surface area contributed by atoms with E-state index in [4.69, 9.17) is 9.52 Å². The molecule has 6 nitrogen and oxygen atoms in total. The summed E-state index contributed by atoms with van der Waals surface area (Å²) in [5.74, 6) is -0.237. The van der Waals surface area contributed by atoms with Crippen molar-refractivity contribution in [3.63, 3.8) is 0 Å². The maximum atomic E-state index is 11.9. The number of carbonyl (C=O) groups is 1. The van der Waals surface area contributed by atoms with Gasteiger partial charge < -0.3 is 14.5 Å². The van der Waals surface area contributed by atoms with Crippen LogP contribution in [0, 0.1) is 0 Å². The second-order valence-electron chi connectivity index (χ2n) is 4.45. The number of carboxylic acid groups (broad SMARTS) is 1. The zero-order chi connectivity index (χ0) is 14.1. The largest absolute Gasteiger partial charge is 0.478 e. The molecule has 1 aromatic carbocycles. The summed E-state index contributed by atoms with van der Waals surface area (Å²) in [6, 6.07) is 8.19. The second-order valence-corrected chi connectivity index (χ2v) is 4.45. The number of H-pyrrole nitrogens is 1. The summed E-state index contributed by atoms with van der Waals surface area (Å²) in [7, 11) is 0. The van der Waals surface area contributed by atoms with E-state index in [9.17, 15) is 9.59 Å². The molecule has 0 radical (unpaired) electrons. The van der Waals surface area contributed by atoms with Gasteiger partial charge in [-0.15, -0.1) is 0 Å². The molecule has 0 aliphatic heterocycles. The minimum atomic E-state index is -1.02. The van der Waals surface area contributed by atoms with Gasteiger partial charge in [-0.2, -0.15) is 0 Å².